The molecule has 0 bridgehead atoms. The van der Waals surface area contributed by atoms with E-state index in [0.717, 1.165) is 5.56 Å². The number of allylic oxidation sites excluding steroid dienone is 1. The Bertz CT molecular complexity index is 555. The number of hydrogen-bond donors (Lipinski definition) is 0. The third-order valence-corrected chi connectivity index (χ3v) is 2.53. The molecular formula is C13H11ClN2O. The summed E-state index contributed by atoms with van der Waals surface area (Å²) < 4.78 is 1.69. The second-order valence-electron chi connectivity index (χ2n) is 3.65. The fraction of sp³-hybridized carbons (Fsp3) is 0.0769. The Hall–Kier alpha value is -1.87. The number of benzene rings is 1. The van der Waals surface area contributed by atoms with Gasteiger partial charge in [-0.05, 0) is 36.4 Å². The number of aromatic nitrogens is 2. The molecule has 4 heteroatoms. The molecule has 2 rings (SSSR count). The maximum absolute atomic E-state index is 11.8. The highest BCUT2D eigenvalue weighted by molar-refractivity contribution is 6.30. The van der Waals surface area contributed by atoms with Crippen molar-refractivity contribution in [3.8, 4) is 0 Å². The molecule has 86 valence electrons. The Balaban J connectivity index is 2.11. The number of carbonyl (C=O) groups excluding carboxylic acids is 1. The van der Waals surface area contributed by atoms with Crippen LogP contribution in [-0.4, -0.2) is 15.6 Å². The van der Waals surface area contributed by atoms with E-state index >= 15 is 0 Å². The molecule has 1 aromatic heterocycles. The average Bonchev–Trinajstić information content (AvgIpc) is 2.73. The standard InChI is InChI=1S/C13H11ClN2O/c1-16-9-10(8-15-16)2-7-13(17)11-3-5-12(14)6-4-11/h2-9H,1H3. The molecule has 0 aliphatic rings. The molecule has 0 spiro atoms. The molecule has 3 nitrogen and oxygen atoms in total. The highest BCUT2D eigenvalue weighted by Gasteiger charge is 2.01. The van der Waals surface area contributed by atoms with Crippen molar-refractivity contribution < 1.29 is 4.79 Å². The van der Waals surface area contributed by atoms with E-state index in [1.54, 1.807) is 41.2 Å². The van der Waals surface area contributed by atoms with Crippen LogP contribution in [0.15, 0.2) is 42.7 Å². The van der Waals surface area contributed by atoms with Crippen molar-refractivity contribution in [2.45, 2.75) is 0 Å². The lowest BCUT2D eigenvalue weighted by Crippen LogP contribution is -1.92. The van der Waals surface area contributed by atoms with Gasteiger partial charge in [0.05, 0.1) is 6.20 Å². The number of carbonyl (C=O) groups is 1. The Morgan fingerprint density at radius 1 is 1.35 bits per heavy atom. The number of ketones is 1. The van der Waals surface area contributed by atoms with Crippen molar-refractivity contribution in [1.29, 1.82) is 0 Å². The summed E-state index contributed by atoms with van der Waals surface area (Å²) in [6.07, 6.45) is 6.81. The van der Waals surface area contributed by atoms with Gasteiger partial charge in [-0.3, -0.25) is 9.48 Å². The molecule has 1 aromatic carbocycles. The van der Waals surface area contributed by atoms with Crippen LogP contribution in [0.5, 0.6) is 0 Å². The maximum Gasteiger partial charge on any atom is 0.185 e. The summed E-state index contributed by atoms with van der Waals surface area (Å²) in [5.41, 5.74) is 1.52. The Kier molecular flexibility index (Phi) is 3.40. The summed E-state index contributed by atoms with van der Waals surface area (Å²) in [4.78, 5) is 11.8. The van der Waals surface area contributed by atoms with Gasteiger partial charge in [0.15, 0.2) is 5.78 Å². The minimum absolute atomic E-state index is 0.0504. The second-order valence-corrected chi connectivity index (χ2v) is 4.09. The topological polar surface area (TPSA) is 34.9 Å². The van der Waals surface area contributed by atoms with Gasteiger partial charge in [0.25, 0.3) is 0 Å². The summed E-state index contributed by atoms with van der Waals surface area (Å²) in [5, 5.41) is 4.64. The quantitative estimate of drug-likeness (QED) is 0.617. The number of halogens is 1. The second kappa shape index (κ2) is 4.97. The Labute approximate surface area is 104 Å². The largest absolute Gasteiger partial charge is 0.289 e. The predicted octanol–water partition coefficient (Wildman–Crippen LogP) is 2.97. The van der Waals surface area contributed by atoms with Crippen LogP contribution in [0.4, 0.5) is 0 Å². The van der Waals surface area contributed by atoms with Crippen LogP contribution in [0, 0.1) is 0 Å². The minimum Gasteiger partial charge on any atom is -0.289 e. The van der Waals surface area contributed by atoms with E-state index in [1.165, 1.54) is 6.08 Å². The van der Waals surface area contributed by atoms with Gasteiger partial charge < -0.3 is 0 Å². The first kappa shape index (κ1) is 11.6. The van der Waals surface area contributed by atoms with Gasteiger partial charge in [-0.25, -0.2) is 0 Å². The summed E-state index contributed by atoms with van der Waals surface area (Å²) in [7, 11) is 1.83. The molecule has 0 N–H and O–H groups in total. The average molecular weight is 247 g/mol. The Morgan fingerprint density at radius 2 is 2.06 bits per heavy atom. The molecule has 17 heavy (non-hydrogen) atoms. The van der Waals surface area contributed by atoms with Crippen LogP contribution >= 0.6 is 11.6 Å². The van der Waals surface area contributed by atoms with E-state index in [4.69, 9.17) is 11.6 Å². The third kappa shape index (κ3) is 3.04. The van der Waals surface area contributed by atoms with Gasteiger partial charge in [-0.2, -0.15) is 5.10 Å². The predicted molar refractivity (Wildman–Crippen MR) is 68.0 cm³/mol. The van der Waals surface area contributed by atoms with Crippen LogP contribution in [0.3, 0.4) is 0 Å². The summed E-state index contributed by atoms with van der Waals surface area (Å²) in [6, 6.07) is 6.82. The van der Waals surface area contributed by atoms with Crippen LogP contribution in [-0.2, 0) is 7.05 Å². The highest BCUT2D eigenvalue weighted by atomic mass is 35.5. The molecule has 0 radical (unpaired) electrons. The summed E-state index contributed by atoms with van der Waals surface area (Å²) >= 11 is 5.75. The molecule has 0 aliphatic carbocycles. The molecule has 1 heterocycles. The van der Waals surface area contributed by atoms with Gasteiger partial charge in [-0.1, -0.05) is 11.6 Å². The molecular weight excluding hydrogens is 236 g/mol. The molecule has 2 aromatic rings. The SMILES string of the molecule is Cn1cc(C=CC(=O)c2ccc(Cl)cc2)cn1. The van der Waals surface area contributed by atoms with Crippen molar-refractivity contribution in [2.75, 3.05) is 0 Å². The molecule has 0 aliphatic heterocycles. The van der Waals surface area contributed by atoms with Crippen molar-refractivity contribution in [3.05, 3.63) is 58.9 Å². The van der Waals surface area contributed by atoms with Crippen LogP contribution in [0.2, 0.25) is 5.02 Å². The van der Waals surface area contributed by atoms with Crippen molar-refractivity contribution >= 4 is 23.5 Å². The van der Waals surface area contributed by atoms with Crippen molar-refractivity contribution in [1.82, 2.24) is 9.78 Å². The van der Waals surface area contributed by atoms with Crippen LogP contribution < -0.4 is 0 Å². The van der Waals surface area contributed by atoms with Crippen molar-refractivity contribution in [3.63, 3.8) is 0 Å². The number of aryl methyl sites for hydroxylation is 1. The minimum atomic E-state index is -0.0504. The van der Waals surface area contributed by atoms with Crippen LogP contribution in [0.25, 0.3) is 6.08 Å². The van der Waals surface area contributed by atoms with Gasteiger partial charge in [0.1, 0.15) is 0 Å². The van der Waals surface area contributed by atoms with E-state index in [0.29, 0.717) is 10.6 Å². The molecule has 0 fully saturated rings. The fourth-order valence-corrected chi connectivity index (χ4v) is 1.53. The lowest BCUT2D eigenvalue weighted by Gasteiger charge is -1.95. The Morgan fingerprint density at radius 3 is 2.65 bits per heavy atom. The zero-order valence-electron chi connectivity index (χ0n) is 9.30. The van der Waals surface area contributed by atoms with Crippen LogP contribution in [0.1, 0.15) is 15.9 Å². The lowest BCUT2D eigenvalue weighted by atomic mass is 10.1. The number of nitrogens with zero attached hydrogens (tertiary/aromatic N) is 2. The van der Waals surface area contributed by atoms with E-state index in [-0.39, 0.29) is 5.78 Å². The van der Waals surface area contributed by atoms with E-state index in [9.17, 15) is 4.79 Å². The van der Waals surface area contributed by atoms with E-state index in [2.05, 4.69) is 5.10 Å². The van der Waals surface area contributed by atoms with Gasteiger partial charge in [0, 0.05) is 29.4 Å². The zero-order chi connectivity index (χ0) is 12.3. The molecule has 0 amide bonds. The van der Waals surface area contributed by atoms with Gasteiger partial charge in [0.2, 0.25) is 0 Å². The summed E-state index contributed by atoms with van der Waals surface area (Å²) in [5.74, 6) is -0.0504. The molecule has 0 unspecified atom stereocenters. The first-order valence-electron chi connectivity index (χ1n) is 5.12. The number of rotatable bonds is 3. The molecule has 0 atom stereocenters. The van der Waals surface area contributed by atoms with Crippen molar-refractivity contribution in [2.24, 2.45) is 7.05 Å². The zero-order valence-corrected chi connectivity index (χ0v) is 10.1. The number of hydrogen-bond acceptors (Lipinski definition) is 2. The first-order valence-corrected chi connectivity index (χ1v) is 5.49. The molecule has 0 saturated carbocycles. The van der Waals surface area contributed by atoms with E-state index in [1.807, 2.05) is 13.2 Å². The monoisotopic (exact) mass is 246 g/mol. The third-order valence-electron chi connectivity index (χ3n) is 2.28. The first-order chi connectivity index (χ1) is 8.15. The molecule has 0 saturated heterocycles. The smallest absolute Gasteiger partial charge is 0.185 e. The van der Waals surface area contributed by atoms with Gasteiger partial charge in [-0.15, -0.1) is 0 Å². The van der Waals surface area contributed by atoms with E-state index < -0.39 is 0 Å². The fourth-order valence-electron chi connectivity index (χ4n) is 1.41. The maximum atomic E-state index is 11.8. The highest BCUT2D eigenvalue weighted by Crippen LogP contribution is 2.11. The normalized spacial score (nSPS) is 10.9. The lowest BCUT2D eigenvalue weighted by molar-refractivity contribution is 0.104. The van der Waals surface area contributed by atoms with Gasteiger partial charge >= 0.3 is 0 Å². The summed E-state index contributed by atoms with van der Waals surface area (Å²) in [6.45, 7) is 0.